The predicted molar refractivity (Wildman–Crippen MR) is 85.3 cm³/mol. The van der Waals surface area contributed by atoms with Gasteiger partial charge in [0.2, 0.25) is 0 Å². The third-order valence-corrected chi connectivity index (χ3v) is 4.77. The zero-order chi connectivity index (χ0) is 12.7. The van der Waals surface area contributed by atoms with Crippen LogP contribution in [0.15, 0.2) is 36.7 Å². The lowest BCUT2D eigenvalue weighted by atomic mass is 9.90. The van der Waals surface area contributed by atoms with Crippen LogP contribution in [0.25, 0.3) is 0 Å². The number of nitrogens with one attached hydrogen (secondary N) is 1. The minimum Gasteiger partial charge on any atom is -0.382 e. The molecule has 0 aromatic heterocycles. The van der Waals surface area contributed by atoms with Crippen molar-refractivity contribution in [2.24, 2.45) is 0 Å². The molecule has 0 atom stereocenters. The summed E-state index contributed by atoms with van der Waals surface area (Å²) in [6, 6.07) is 8.46. The first-order valence-electron chi connectivity index (χ1n) is 5.43. The molecule has 1 rings (SSSR count). The normalized spacial score (nSPS) is 10.6. The fourth-order valence-corrected chi connectivity index (χ4v) is 3.15. The van der Waals surface area contributed by atoms with Crippen LogP contribution in [0.5, 0.6) is 0 Å². The Morgan fingerprint density at radius 2 is 1.82 bits per heavy atom. The van der Waals surface area contributed by atoms with Gasteiger partial charge in [0.1, 0.15) is 0 Å². The number of nitrogens with zero attached hydrogens (tertiary/aromatic N) is 1. The van der Waals surface area contributed by atoms with Gasteiger partial charge >= 0.3 is 5.27 Å². The molecule has 0 amide bonds. The monoisotopic (exact) mass is 266 g/mol. The van der Waals surface area contributed by atoms with E-state index < -0.39 is 0 Å². The third-order valence-electron chi connectivity index (χ3n) is 2.25. The summed E-state index contributed by atoms with van der Waals surface area (Å²) in [4.78, 5) is 2.01. The topological polar surface area (TPSA) is 15.3 Å². The van der Waals surface area contributed by atoms with Gasteiger partial charge in [-0.3, -0.25) is 0 Å². The van der Waals surface area contributed by atoms with Gasteiger partial charge in [0.05, 0.1) is 0 Å². The van der Waals surface area contributed by atoms with Crippen LogP contribution in [0.2, 0.25) is 0 Å². The van der Waals surface area contributed by atoms with Gasteiger partial charge in [-0.25, -0.2) is 0 Å². The van der Waals surface area contributed by atoms with Gasteiger partial charge < -0.3 is 10.2 Å². The Kier molecular flexibility index (Phi) is 6.44. The largest absolute Gasteiger partial charge is 0.382 e. The molecule has 1 aromatic rings. The minimum atomic E-state index is 0.478. The Morgan fingerprint density at radius 3 is 2.41 bits per heavy atom. The van der Waals surface area contributed by atoms with E-state index in [1.165, 1.54) is 11.2 Å². The van der Waals surface area contributed by atoms with E-state index in [2.05, 4.69) is 42.1 Å². The van der Waals surface area contributed by atoms with E-state index >= 15 is 0 Å². The van der Waals surface area contributed by atoms with E-state index in [9.17, 15) is 0 Å². The SMILES string of the molecule is CSB(SC)c1ccccc1N/C=C\N(C)C. The van der Waals surface area contributed by atoms with Crippen molar-refractivity contribution in [2.45, 2.75) is 0 Å². The van der Waals surface area contributed by atoms with E-state index in [4.69, 9.17) is 0 Å². The first kappa shape index (κ1) is 14.4. The number of para-hydroxylation sites is 1. The second kappa shape index (κ2) is 7.61. The number of rotatable bonds is 6. The lowest BCUT2D eigenvalue weighted by Gasteiger charge is -2.14. The average molecular weight is 266 g/mol. The van der Waals surface area contributed by atoms with Gasteiger partial charge in [0, 0.05) is 32.2 Å². The second-order valence-electron chi connectivity index (χ2n) is 3.81. The summed E-state index contributed by atoms with van der Waals surface area (Å²) in [6.07, 6.45) is 8.27. The molecule has 0 aliphatic carbocycles. The van der Waals surface area contributed by atoms with Crippen LogP contribution in [0, 0.1) is 0 Å². The lowest BCUT2D eigenvalue weighted by Crippen LogP contribution is -2.25. The van der Waals surface area contributed by atoms with E-state index in [1.807, 2.05) is 54.6 Å². The van der Waals surface area contributed by atoms with Crippen LogP contribution in [0.1, 0.15) is 0 Å². The van der Waals surface area contributed by atoms with Crippen molar-refractivity contribution >= 4 is 39.6 Å². The van der Waals surface area contributed by atoms with Gasteiger partial charge in [-0.1, -0.05) is 18.2 Å². The molecular weight excluding hydrogens is 247 g/mol. The molecule has 1 aromatic carbocycles. The Morgan fingerprint density at radius 1 is 1.18 bits per heavy atom. The first-order valence-corrected chi connectivity index (χ1v) is 8.00. The fourth-order valence-electron chi connectivity index (χ4n) is 1.46. The smallest absolute Gasteiger partial charge is 0.309 e. The summed E-state index contributed by atoms with van der Waals surface area (Å²) in [5, 5.41) is 3.82. The summed E-state index contributed by atoms with van der Waals surface area (Å²) in [5.74, 6) is 0. The summed E-state index contributed by atoms with van der Waals surface area (Å²) in [6.45, 7) is 0. The highest BCUT2D eigenvalue weighted by Gasteiger charge is 2.16. The molecule has 0 spiro atoms. The quantitative estimate of drug-likeness (QED) is 0.796. The highest BCUT2D eigenvalue weighted by molar-refractivity contribution is 8.55. The van der Waals surface area contributed by atoms with E-state index in [0.29, 0.717) is 5.27 Å². The number of hydrogen-bond donors (Lipinski definition) is 1. The van der Waals surface area contributed by atoms with Crippen LogP contribution in [-0.2, 0) is 0 Å². The van der Waals surface area contributed by atoms with Crippen LogP contribution < -0.4 is 10.8 Å². The molecule has 92 valence electrons. The van der Waals surface area contributed by atoms with Crippen molar-refractivity contribution in [3.63, 3.8) is 0 Å². The molecule has 0 unspecified atom stereocenters. The van der Waals surface area contributed by atoms with Gasteiger partial charge in [-0.2, -0.15) is 23.2 Å². The molecule has 0 fully saturated rings. The Bertz CT molecular complexity index is 365. The molecule has 5 heteroatoms. The maximum absolute atomic E-state index is 3.34. The van der Waals surface area contributed by atoms with E-state index in [1.54, 1.807) is 0 Å². The summed E-state index contributed by atoms with van der Waals surface area (Å²) in [5.41, 5.74) is 2.52. The number of benzene rings is 1. The molecule has 0 saturated heterocycles. The highest BCUT2D eigenvalue weighted by atomic mass is 32.2. The molecule has 0 aliphatic rings. The predicted octanol–water partition coefficient (Wildman–Crippen LogP) is 2.55. The molecule has 0 bridgehead atoms. The lowest BCUT2D eigenvalue weighted by molar-refractivity contribution is 0.563. The molecule has 17 heavy (non-hydrogen) atoms. The summed E-state index contributed by atoms with van der Waals surface area (Å²) in [7, 11) is 4.02. The van der Waals surface area contributed by atoms with Crippen molar-refractivity contribution in [2.75, 3.05) is 31.9 Å². The molecule has 1 N–H and O–H groups in total. The van der Waals surface area contributed by atoms with Gasteiger partial charge in [0.15, 0.2) is 0 Å². The zero-order valence-electron chi connectivity index (χ0n) is 10.8. The van der Waals surface area contributed by atoms with Crippen molar-refractivity contribution in [1.29, 1.82) is 0 Å². The molecule has 0 radical (unpaired) electrons. The minimum absolute atomic E-state index is 0.478. The number of hydrogen-bond acceptors (Lipinski definition) is 4. The highest BCUT2D eigenvalue weighted by Crippen LogP contribution is 2.18. The summed E-state index contributed by atoms with van der Waals surface area (Å²) < 4.78 is 0. The molecular formula is C12H19BN2S2. The maximum Gasteiger partial charge on any atom is 0.309 e. The Hall–Kier alpha value is -0.675. The van der Waals surface area contributed by atoms with Crippen LogP contribution in [0.3, 0.4) is 0 Å². The van der Waals surface area contributed by atoms with Crippen molar-refractivity contribution in [3.05, 3.63) is 36.7 Å². The molecule has 0 saturated carbocycles. The number of anilines is 1. The molecule has 0 heterocycles. The van der Waals surface area contributed by atoms with E-state index in [0.717, 1.165) is 0 Å². The maximum atomic E-state index is 3.34. The molecule has 2 nitrogen and oxygen atoms in total. The van der Waals surface area contributed by atoms with Gasteiger partial charge in [-0.15, -0.1) is 0 Å². The van der Waals surface area contributed by atoms with Gasteiger partial charge in [-0.05, 0) is 24.0 Å². The van der Waals surface area contributed by atoms with Crippen LogP contribution >= 0.6 is 23.2 Å². The van der Waals surface area contributed by atoms with Gasteiger partial charge in [0.25, 0.3) is 0 Å². The Labute approximate surface area is 113 Å². The summed E-state index contributed by atoms with van der Waals surface area (Å²) >= 11 is 3.73. The van der Waals surface area contributed by atoms with E-state index in [-0.39, 0.29) is 0 Å². The zero-order valence-corrected chi connectivity index (χ0v) is 12.4. The van der Waals surface area contributed by atoms with Crippen molar-refractivity contribution in [1.82, 2.24) is 4.90 Å². The standard InChI is InChI=1S/C12H19BN2S2/c1-15(2)10-9-14-12-8-6-5-7-11(12)13(16-3)17-4/h5-10,14H,1-4H3/b10-9-. The van der Waals surface area contributed by atoms with Crippen LogP contribution in [-0.4, -0.2) is 36.8 Å². The van der Waals surface area contributed by atoms with Crippen molar-refractivity contribution in [3.8, 4) is 0 Å². The average Bonchev–Trinajstić information content (AvgIpc) is 2.32. The van der Waals surface area contributed by atoms with Crippen molar-refractivity contribution < 1.29 is 0 Å². The molecule has 0 aliphatic heterocycles. The first-order chi connectivity index (χ1) is 8.19. The fraction of sp³-hybridized carbons (Fsp3) is 0.333. The Balaban J connectivity index is 2.84. The second-order valence-corrected chi connectivity index (χ2v) is 6.00. The third kappa shape index (κ3) is 4.60. The van der Waals surface area contributed by atoms with Crippen LogP contribution in [0.4, 0.5) is 5.69 Å².